The first-order chi connectivity index (χ1) is 9.50. The lowest BCUT2D eigenvalue weighted by molar-refractivity contribution is 0.102. The standard InChI is InChI=1S/C14H13F2N3O/c1-19(2)12-6-7-17-8-11(12)18-14(20)9-4-3-5-10(15)13(9)16/h3-8H,1-2H3,(H,18,20). The van der Waals surface area contributed by atoms with Crippen LogP contribution >= 0.6 is 0 Å². The smallest absolute Gasteiger partial charge is 0.258 e. The molecule has 1 heterocycles. The lowest BCUT2D eigenvalue weighted by Gasteiger charge is -2.17. The van der Waals surface area contributed by atoms with Crippen LogP contribution in [0.15, 0.2) is 36.7 Å². The van der Waals surface area contributed by atoms with E-state index in [2.05, 4.69) is 10.3 Å². The molecule has 1 amide bonds. The van der Waals surface area contributed by atoms with E-state index in [0.29, 0.717) is 11.4 Å². The average molecular weight is 277 g/mol. The van der Waals surface area contributed by atoms with Gasteiger partial charge in [0, 0.05) is 20.3 Å². The molecular weight excluding hydrogens is 264 g/mol. The monoisotopic (exact) mass is 277 g/mol. The van der Waals surface area contributed by atoms with Crippen LogP contribution in [-0.2, 0) is 0 Å². The molecule has 0 atom stereocenters. The van der Waals surface area contributed by atoms with Crippen LogP contribution in [-0.4, -0.2) is 25.0 Å². The highest BCUT2D eigenvalue weighted by atomic mass is 19.2. The fraction of sp³-hybridized carbons (Fsp3) is 0.143. The Hall–Kier alpha value is -2.50. The lowest BCUT2D eigenvalue weighted by atomic mass is 10.2. The van der Waals surface area contributed by atoms with Crippen molar-refractivity contribution >= 4 is 17.3 Å². The van der Waals surface area contributed by atoms with Crippen molar-refractivity contribution in [2.45, 2.75) is 0 Å². The first-order valence-corrected chi connectivity index (χ1v) is 5.87. The summed E-state index contributed by atoms with van der Waals surface area (Å²) in [4.78, 5) is 17.7. The SMILES string of the molecule is CN(C)c1ccncc1NC(=O)c1cccc(F)c1F. The number of hydrogen-bond donors (Lipinski definition) is 1. The molecule has 0 aliphatic rings. The second-order valence-corrected chi connectivity index (χ2v) is 4.34. The molecule has 1 aromatic heterocycles. The molecule has 0 bridgehead atoms. The zero-order valence-electron chi connectivity index (χ0n) is 11.0. The van der Waals surface area contributed by atoms with Crippen molar-refractivity contribution in [2.75, 3.05) is 24.3 Å². The van der Waals surface area contributed by atoms with Gasteiger partial charge in [-0.2, -0.15) is 0 Å². The summed E-state index contributed by atoms with van der Waals surface area (Å²) in [5, 5.41) is 2.53. The number of pyridine rings is 1. The largest absolute Gasteiger partial charge is 0.376 e. The van der Waals surface area contributed by atoms with E-state index >= 15 is 0 Å². The van der Waals surface area contributed by atoms with E-state index in [9.17, 15) is 13.6 Å². The summed E-state index contributed by atoms with van der Waals surface area (Å²) in [6.45, 7) is 0. The number of halogens is 2. The highest BCUT2D eigenvalue weighted by Crippen LogP contribution is 2.23. The molecule has 0 aliphatic carbocycles. The van der Waals surface area contributed by atoms with Gasteiger partial charge in [-0.3, -0.25) is 9.78 Å². The molecule has 104 valence electrons. The minimum absolute atomic E-state index is 0.349. The van der Waals surface area contributed by atoms with E-state index in [1.807, 2.05) is 0 Å². The Morgan fingerprint density at radius 2 is 2.00 bits per heavy atom. The number of carbonyl (C=O) groups excluding carboxylic acids is 1. The van der Waals surface area contributed by atoms with Gasteiger partial charge >= 0.3 is 0 Å². The minimum Gasteiger partial charge on any atom is -0.376 e. The van der Waals surface area contributed by atoms with Crippen molar-refractivity contribution in [3.63, 3.8) is 0 Å². The third-order valence-corrected chi connectivity index (χ3v) is 2.72. The summed E-state index contributed by atoms with van der Waals surface area (Å²) in [6, 6.07) is 5.17. The Labute approximate surface area is 115 Å². The van der Waals surface area contributed by atoms with Crippen molar-refractivity contribution in [1.82, 2.24) is 4.98 Å². The van der Waals surface area contributed by atoms with Crippen molar-refractivity contribution in [2.24, 2.45) is 0 Å². The topological polar surface area (TPSA) is 45.2 Å². The van der Waals surface area contributed by atoms with Crippen molar-refractivity contribution < 1.29 is 13.6 Å². The molecule has 4 nitrogen and oxygen atoms in total. The second-order valence-electron chi connectivity index (χ2n) is 4.34. The zero-order chi connectivity index (χ0) is 14.7. The third-order valence-electron chi connectivity index (χ3n) is 2.72. The maximum atomic E-state index is 13.6. The predicted molar refractivity (Wildman–Crippen MR) is 72.9 cm³/mol. The van der Waals surface area contributed by atoms with E-state index in [1.165, 1.54) is 18.3 Å². The van der Waals surface area contributed by atoms with Gasteiger partial charge in [-0.05, 0) is 18.2 Å². The lowest BCUT2D eigenvalue weighted by Crippen LogP contribution is -2.18. The summed E-state index contributed by atoms with van der Waals surface area (Å²) in [7, 11) is 3.60. The van der Waals surface area contributed by atoms with Gasteiger partial charge in [-0.15, -0.1) is 0 Å². The zero-order valence-corrected chi connectivity index (χ0v) is 11.0. The molecular formula is C14H13F2N3O. The molecule has 0 radical (unpaired) electrons. The molecule has 1 aromatic carbocycles. The van der Waals surface area contributed by atoms with E-state index in [4.69, 9.17) is 0 Å². The molecule has 2 aromatic rings. The van der Waals surface area contributed by atoms with Crippen LogP contribution in [0.2, 0.25) is 0 Å². The van der Waals surface area contributed by atoms with Crippen LogP contribution < -0.4 is 10.2 Å². The Morgan fingerprint density at radius 1 is 1.25 bits per heavy atom. The molecule has 0 unspecified atom stereocenters. The molecule has 6 heteroatoms. The molecule has 0 fully saturated rings. The fourth-order valence-electron chi connectivity index (χ4n) is 1.74. The quantitative estimate of drug-likeness (QED) is 0.938. The Bertz CT molecular complexity index is 644. The molecule has 0 saturated carbocycles. The van der Waals surface area contributed by atoms with E-state index in [1.54, 1.807) is 31.3 Å². The van der Waals surface area contributed by atoms with Gasteiger partial charge < -0.3 is 10.2 Å². The Balaban J connectivity index is 2.31. The summed E-state index contributed by atoms with van der Waals surface area (Å²) in [5.41, 5.74) is 0.787. The van der Waals surface area contributed by atoms with E-state index < -0.39 is 17.5 Å². The van der Waals surface area contributed by atoms with Crippen LogP contribution in [0, 0.1) is 11.6 Å². The van der Waals surface area contributed by atoms with Crippen LogP contribution in [0.3, 0.4) is 0 Å². The number of aromatic nitrogens is 1. The van der Waals surface area contributed by atoms with Gasteiger partial charge in [0.25, 0.3) is 5.91 Å². The summed E-state index contributed by atoms with van der Waals surface area (Å²) in [6.07, 6.45) is 3.03. The van der Waals surface area contributed by atoms with Crippen molar-refractivity contribution in [1.29, 1.82) is 0 Å². The molecule has 0 saturated heterocycles. The summed E-state index contributed by atoms with van der Waals surface area (Å²) >= 11 is 0. The van der Waals surface area contributed by atoms with Crippen molar-refractivity contribution in [3.05, 3.63) is 53.9 Å². The molecule has 1 N–H and O–H groups in total. The maximum Gasteiger partial charge on any atom is 0.258 e. The highest BCUT2D eigenvalue weighted by Gasteiger charge is 2.16. The van der Waals surface area contributed by atoms with Gasteiger partial charge in [0.2, 0.25) is 0 Å². The second kappa shape index (κ2) is 5.64. The summed E-state index contributed by atoms with van der Waals surface area (Å²) < 4.78 is 26.7. The van der Waals surface area contributed by atoms with Crippen LogP contribution in [0.5, 0.6) is 0 Å². The van der Waals surface area contributed by atoms with Gasteiger partial charge in [0.15, 0.2) is 11.6 Å². The molecule has 0 aliphatic heterocycles. The van der Waals surface area contributed by atoms with Crippen molar-refractivity contribution in [3.8, 4) is 0 Å². The van der Waals surface area contributed by atoms with Crippen LogP contribution in [0.25, 0.3) is 0 Å². The normalized spacial score (nSPS) is 10.2. The average Bonchev–Trinajstić information content (AvgIpc) is 2.42. The number of rotatable bonds is 3. The predicted octanol–water partition coefficient (Wildman–Crippen LogP) is 2.68. The van der Waals surface area contributed by atoms with Crippen LogP contribution in [0.1, 0.15) is 10.4 Å². The number of benzene rings is 1. The number of carbonyl (C=O) groups is 1. The Morgan fingerprint density at radius 3 is 2.70 bits per heavy atom. The number of amides is 1. The van der Waals surface area contributed by atoms with Gasteiger partial charge in [-0.25, -0.2) is 8.78 Å². The third kappa shape index (κ3) is 2.74. The number of hydrogen-bond acceptors (Lipinski definition) is 3. The maximum absolute atomic E-state index is 13.6. The molecule has 20 heavy (non-hydrogen) atoms. The van der Waals surface area contributed by atoms with Gasteiger partial charge in [-0.1, -0.05) is 6.07 Å². The van der Waals surface area contributed by atoms with E-state index in [0.717, 1.165) is 6.07 Å². The molecule has 2 rings (SSSR count). The Kier molecular flexibility index (Phi) is 3.93. The first kappa shape index (κ1) is 13.9. The summed E-state index contributed by atoms with van der Waals surface area (Å²) in [5.74, 6) is -2.95. The van der Waals surface area contributed by atoms with E-state index in [-0.39, 0.29) is 5.56 Å². The minimum atomic E-state index is -1.17. The number of nitrogens with zero attached hydrogens (tertiary/aromatic N) is 2. The highest BCUT2D eigenvalue weighted by molar-refractivity contribution is 6.06. The number of anilines is 2. The number of nitrogens with one attached hydrogen (secondary N) is 1. The fourth-order valence-corrected chi connectivity index (χ4v) is 1.74. The first-order valence-electron chi connectivity index (χ1n) is 5.87. The van der Waals surface area contributed by atoms with Crippen LogP contribution in [0.4, 0.5) is 20.2 Å². The van der Waals surface area contributed by atoms with Gasteiger partial charge in [0.1, 0.15) is 0 Å². The van der Waals surface area contributed by atoms with Gasteiger partial charge in [0.05, 0.1) is 23.1 Å². The molecule has 0 spiro atoms.